The topological polar surface area (TPSA) is 66.3 Å². The number of fused-ring (bicyclic) bond motifs is 1. The van der Waals surface area contributed by atoms with Crippen LogP contribution in [0.5, 0.6) is 0 Å². The number of likely N-dealkylation sites (tertiary alicyclic amines) is 1. The Labute approximate surface area is 197 Å². The third-order valence-electron chi connectivity index (χ3n) is 7.90. The van der Waals surface area contributed by atoms with Crippen LogP contribution >= 0.6 is 0 Å². The van der Waals surface area contributed by atoms with Gasteiger partial charge in [-0.3, -0.25) is 19.7 Å². The summed E-state index contributed by atoms with van der Waals surface area (Å²) in [4.78, 5) is 23.6. The molecule has 3 aliphatic rings. The second-order valence-electron chi connectivity index (χ2n) is 10.4. The van der Waals surface area contributed by atoms with Crippen molar-refractivity contribution in [2.45, 2.75) is 89.0 Å². The second kappa shape index (κ2) is 10.3. The average molecular weight is 448 g/mol. The standard InChI is InChI=1S/C28H37N3O2/c32-28(33)27(25-18-29-16-14-24(25)21-10-11-21)31-17-15-20(19-31)6-2-1-3-8-23-13-12-22-7-4-5-9-26(22)30-23/h12-14,16,18,20-21,27H,1-11,15,17,19H2,(H,32,33)/t20-,27?/m1/s1. The van der Waals surface area contributed by atoms with E-state index in [9.17, 15) is 9.90 Å². The summed E-state index contributed by atoms with van der Waals surface area (Å²) in [6.07, 6.45) is 17.9. The Morgan fingerprint density at radius 3 is 2.82 bits per heavy atom. The summed E-state index contributed by atoms with van der Waals surface area (Å²) in [6.45, 7) is 1.77. The number of rotatable bonds is 10. The van der Waals surface area contributed by atoms with Crippen molar-refractivity contribution in [3.05, 3.63) is 58.7 Å². The molecule has 5 heteroatoms. The van der Waals surface area contributed by atoms with Crippen LogP contribution in [-0.4, -0.2) is 39.0 Å². The van der Waals surface area contributed by atoms with E-state index < -0.39 is 12.0 Å². The molecule has 2 aliphatic carbocycles. The zero-order valence-corrected chi connectivity index (χ0v) is 19.7. The lowest BCUT2D eigenvalue weighted by Crippen LogP contribution is -2.33. The van der Waals surface area contributed by atoms with Gasteiger partial charge in [-0.05, 0) is 106 Å². The summed E-state index contributed by atoms with van der Waals surface area (Å²) in [5.41, 5.74) is 6.19. The maximum Gasteiger partial charge on any atom is 0.325 e. The fourth-order valence-corrected chi connectivity index (χ4v) is 5.91. The number of carboxylic acids is 1. The molecule has 176 valence electrons. The summed E-state index contributed by atoms with van der Waals surface area (Å²) >= 11 is 0. The number of nitrogens with zero attached hydrogens (tertiary/aromatic N) is 3. The summed E-state index contributed by atoms with van der Waals surface area (Å²) in [5, 5.41) is 10.1. The predicted molar refractivity (Wildman–Crippen MR) is 129 cm³/mol. The molecule has 1 N–H and O–H groups in total. The minimum Gasteiger partial charge on any atom is -0.480 e. The van der Waals surface area contributed by atoms with Gasteiger partial charge in [-0.15, -0.1) is 0 Å². The van der Waals surface area contributed by atoms with Gasteiger partial charge >= 0.3 is 5.97 Å². The minimum absolute atomic E-state index is 0.535. The Kier molecular flexibility index (Phi) is 7.05. The number of carboxylic acid groups (broad SMARTS) is 1. The third-order valence-corrected chi connectivity index (χ3v) is 7.90. The van der Waals surface area contributed by atoms with E-state index in [0.29, 0.717) is 11.8 Å². The predicted octanol–water partition coefficient (Wildman–Crippen LogP) is 5.48. The highest BCUT2D eigenvalue weighted by Crippen LogP contribution is 2.44. The number of pyridine rings is 2. The van der Waals surface area contributed by atoms with Crippen molar-refractivity contribution < 1.29 is 9.90 Å². The van der Waals surface area contributed by atoms with Gasteiger partial charge in [-0.25, -0.2) is 0 Å². The third kappa shape index (κ3) is 5.46. The molecule has 2 aromatic heterocycles. The lowest BCUT2D eigenvalue weighted by molar-refractivity contribution is -0.143. The molecule has 2 atom stereocenters. The Hall–Kier alpha value is -2.27. The number of carbonyl (C=O) groups is 1. The molecular weight excluding hydrogens is 410 g/mol. The first kappa shape index (κ1) is 22.5. The monoisotopic (exact) mass is 447 g/mol. The highest BCUT2D eigenvalue weighted by Gasteiger charge is 2.37. The molecule has 3 heterocycles. The van der Waals surface area contributed by atoms with Gasteiger partial charge in [0.1, 0.15) is 6.04 Å². The highest BCUT2D eigenvalue weighted by atomic mass is 16.4. The van der Waals surface area contributed by atoms with E-state index in [1.807, 2.05) is 12.3 Å². The van der Waals surface area contributed by atoms with Gasteiger partial charge in [0.2, 0.25) is 0 Å². The van der Waals surface area contributed by atoms with Gasteiger partial charge in [-0.2, -0.15) is 0 Å². The number of hydrogen-bond donors (Lipinski definition) is 1. The zero-order valence-electron chi connectivity index (χ0n) is 19.7. The van der Waals surface area contributed by atoms with Crippen molar-refractivity contribution in [3.8, 4) is 0 Å². The molecule has 2 aromatic rings. The number of aromatic nitrogens is 2. The number of aliphatic carboxylic acids is 1. The maximum atomic E-state index is 12.2. The second-order valence-corrected chi connectivity index (χ2v) is 10.4. The van der Waals surface area contributed by atoms with Gasteiger partial charge in [0.15, 0.2) is 0 Å². The van der Waals surface area contributed by atoms with E-state index in [4.69, 9.17) is 4.98 Å². The first-order valence-electron chi connectivity index (χ1n) is 13.1. The van der Waals surface area contributed by atoms with Crippen molar-refractivity contribution in [2.24, 2.45) is 5.92 Å². The average Bonchev–Trinajstić information content (AvgIpc) is 3.58. The fourth-order valence-electron chi connectivity index (χ4n) is 5.91. The van der Waals surface area contributed by atoms with Crippen molar-refractivity contribution >= 4 is 5.97 Å². The van der Waals surface area contributed by atoms with Gasteiger partial charge in [0.25, 0.3) is 0 Å². The molecule has 1 saturated heterocycles. The van der Waals surface area contributed by atoms with Crippen LogP contribution in [0.1, 0.15) is 97.8 Å². The van der Waals surface area contributed by atoms with Crippen LogP contribution in [0.3, 0.4) is 0 Å². The number of unbranched alkanes of at least 4 members (excludes halogenated alkanes) is 2. The van der Waals surface area contributed by atoms with E-state index in [1.165, 1.54) is 80.3 Å². The van der Waals surface area contributed by atoms with Gasteiger partial charge in [0, 0.05) is 35.9 Å². The summed E-state index contributed by atoms with van der Waals surface area (Å²) in [5.74, 6) is 0.408. The SMILES string of the molecule is O=C(O)C(c1cnccc1C1CC1)N1CC[C@@H](CCCCCc2ccc3c(n2)CCCC3)C1. The maximum absolute atomic E-state index is 12.2. The number of hydrogen-bond acceptors (Lipinski definition) is 4. The Balaban J connectivity index is 1.08. The van der Waals surface area contributed by atoms with Crippen LogP contribution in [0.25, 0.3) is 0 Å². The first-order valence-corrected chi connectivity index (χ1v) is 13.1. The highest BCUT2D eigenvalue weighted by molar-refractivity contribution is 5.76. The van der Waals surface area contributed by atoms with E-state index in [2.05, 4.69) is 22.0 Å². The molecule has 0 radical (unpaired) electrons. The first-order chi connectivity index (χ1) is 16.2. The van der Waals surface area contributed by atoms with Crippen LogP contribution in [0.4, 0.5) is 0 Å². The summed E-state index contributed by atoms with van der Waals surface area (Å²) in [7, 11) is 0. The summed E-state index contributed by atoms with van der Waals surface area (Å²) in [6, 6.07) is 6.03. The van der Waals surface area contributed by atoms with Crippen molar-refractivity contribution in [3.63, 3.8) is 0 Å². The molecule has 0 spiro atoms. The summed E-state index contributed by atoms with van der Waals surface area (Å²) < 4.78 is 0. The molecule has 0 bridgehead atoms. The van der Waals surface area contributed by atoms with E-state index in [-0.39, 0.29) is 0 Å². The van der Waals surface area contributed by atoms with Gasteiger partial charge in [-0.1, -0.05) is 18.9 Å². The van der Waals surface area contributed by atoms with Crippen molar-refractivity contribution in [2.75, 3.05) is 13.1 Å². The number of aryl methyl sites for hydroxylation is 3. The van der Waals surface area contributed by atoms with Crippen LogP contribution in [0, 0.1) is 5.92 Å². The lowest BCUT2D eigenvalue weighted by Gasteiger charge is -2.26. The van der Waals surface area contributed by atoms with Gasteiger partial charge in [0.05, 0.1) is 0 Å². The smallest absolute Gasteiger partial charge is 0.325 e. The molecule has 5 rings (SSSR count). The largest absolute Gasteiger partial charge is 0.480 e. The fraction of sp³-hybridized carbons (Fsp3) is 0.607. The minimum atomic E-state index is -0.733. The normalized spacial score (nSPS) is 21.6. The molecular formula is C28H37N3O2. The van der Waals surface area contributed by atoms with Crippen LogP contribution in [-0.2, 0) is 24.1 Å². The molecule has 5 nitrogen and oxygen atoms in total. The van der Waals surface area contributed by atoms with Crippen LogP contribution < -0.4 is 0 Å². The molecule has 0 aromatic carbocycles. The Morgan fingerprint density at radius 1 is 1.09 bits per heavy atom. The lowest BCUT2D eigenvalue weighted by atomic mass is 9.95. The molecule has 1 aliphatic heterocycles. The quantitative estimate of drug-likeness (QED) is 0.488. The van der Waals surface area contributed by atoms with E-state index in [1.54, 1.807) is 6.20 Å². The molecule has 2 fully saturated rings. The van der Waals surface area contributed by atoms with Crippen LogP contribution in [0.15, 0.2) is 30.6 Å². The van der Waals surface area contributed by atoms with Crippen molar-refractivity contribution in [1.82, 2.24) is 14.9 Å². The zero-order chi connectivity index (χ0) is 22.6. The van der Waals surface area contributed by atoms with Crippen molar-refractivity contribution in [1.29, 1.82) is 0 Å². The Morgan fingerprint density at radius 2 is 1.97 bits per heavy atom. The molecule has 1 unspecified atom stereocenters. The van der Waals surface area contributed by atoms with E-state index in [0.717, 1.165) is 37.9 Å². The van der Waals surface area contributed by atoms with Gasteiger partial charge < -0.3 is 5.11 Å². The van der Waals surface area contributed by atoms with E-state index >= 15 is 0 Å². The molecule has 1 saturated carbocycles. The molecule has 0 amide bonds. The molecule has 33 heavy (non-hydrogen) atoms. The Bertz CT molecular complexity index is 971. The van der Waals surface area contributed by atoms with Crippen LogP contribution in [0.2, 0.25) is 0 Å².